The maximum atomic E-state index is 13.4. The number of nitrogens with zero attached hydrogens (tertiary/aromatic N) is 1. The quantitative estimate of drug-likeness (QED) is 0.324. The number of unbranched alkanes of at least 4 members (excludes halogenated alkanes) is 1. The standard InChI is InChI=1S/C28H27NO2/c1-3-5-9-18(4-2)17-29-27(30)22-13-12-20-16-24(19-10-7-6-8-11-19)21-14-15-23(28(29)31)26(22)25(20)21/h6-8,10-16,18H,3-5,9,17H2,1-2H3. The van der Waals surface area contributed by atoms with Gasteiger partial charge in [0.05, 0.1) is 0 Å². The molecule has 0 bridgehead atoms. The van der Waals surface area contributed by atoms with E-state index < -0.39 is 0 Å². The Morgan fingerprint density at radius 3 is 2.16 bits per heavy atom. The number of carbonyl (C=O) groups is 2. The van der Waals surface area contributed by atoms with Gasteiger partial charge in [-0.05, 0) is 58.2 Å². The smallest absolute Gasteiger partial charge is 0.261 e. The zero-order valence-electron chi connectivity index (χ0n) is 18.2. The highest BCUT2D eigenvalue weighted by Crippen LogP contribution is 2.44. The van der Waals surface area contributed by atoms with Gasteiger partial charge in [-0.1, -0.05) is 75.6 Å². The molecular weight excluding hydrogens is 382 g/mol. The molecule has 3 aromatic carbocycles. The minimum absolute atomic E-state index is 0.149. The van der Waals surface area contributed by atoms with Crippen LogP contribution in [0.25, 0.3) is 22.4 Å². The molecule has 0 N–H and O–H groups in total. The Balaban J connectivity index is 1.58. The summed E-state index contributed by atoms with van der Waals surface area (Å²) in [5, 5.41) is 1.86. The number of benzene rings is 3. The highest BCUT2D eigenvalue weighted by molar-refractivity contribution is 6.29. The van der Waals surface area contributed by atoms with E-state index in [-0.39, 0.29) is 11.8 Å². The molecule has 156 valence electrons. The van der Waals surface area contributed by atoms with Crippen molar-refractivity contribution in [3.05, 3.63) is 82.4 Å². The van der Waals surface area contributed by atoms with Crippen LogP contribution in [0.15, 0.2) is 54.6 Å². The zero-order valence-corrected chi connectivity index (χ0v) is 18.2. The number of rotatable bonds is 7. The number of hydrogen-bond acceptors (Lipinski definition) is 2. The molecule has 0 spiro atoms. The number of imide groups is 1. The van der Waals surface area contributed by atoms with Gasteiger partial charge in [-0.3, -0.25) is 14.5 Å². The number of carbonyl (C=O) groups excluding carboxylic acids is 2. The molecule has 3 heteroatoms. The van der Waals surface area contributed by atoms with Gasteiger partial charge in [0.2, 0.25) is 0 Å². The third-order valence-corrected chi connectivity index (χ3v) is 6.80. The summed E-state index contributed by atoms with van der Waals surface area (Å²) in [5.41, 5.74) is 5.79. The summed E-state index contributed by atoms with van der Waals surface area (Å²) in [6.07, 6.45) is 6.45. The highest BCUT2D eigenvalue weighted by atomic mass is 16.2. The van der Waals surface area contributed by atoms with Crippen LogP contribution in [0, 0.1) is 5.92 Å². The van der Waals surface area contributed by atoms with E-state index in [0.717, 1.165) is 58.7 Å². The predicted octanol–water partition coefficient (Wildman–Crippen LogP) is 6.55. The summed E-state index contributed by atoms with van der Waals surface area (Å²) >= 11 is 0. The first-order valence-corrected chi connectivity index (χ1v) is 11.4. The Bertz CT molecular complexity index is 1200. The molecule has 1 atom stereocenters. The van der Waals surface area contributed by atoms with Crippen molar-refractivity contribution in [3.8, 4) is 0 Å². The Labute approximate surface area is 183 Å². The van der Waals surface area contributed by atoms with Crippen molar-refractivity contribution in [2.24, 2.45) is 5.92 Å². The average molecular weight is 410 g/mol. The van der Waals surface area contributed by atoms with Crippen molar-refractivity contribution in [3.63, 3.8) is 0 Å². The van der Waals surface area contributed by atoms with Crippen LogP contribution in [0.1, 0.15) is 76.9 Å². The molecule has 1 aliphatic carbocycles. The molecule has 31 heavy (non-hydrogen) atoms. The van der Waals surface area contributed by atoms with Crippen LogP contribution in [0.4, 0.5) is 0 Å². The Morgan fingerprint density at radius 1 is 0.806 bits per heavy atom. The van der Waals surface area contributed by atoms with E-state index >= 15 is 0 Å². The fraction of sp³-hybridized carbons (Fsp3) is 0.286. The molecule has 0 aromatic heterocycles. The lowest BCUT2D eigenvalue weighted by Crippen LogP contribution is -2.43. The van der Waals surface area contributed by atoms with Gasteiger partial charge in [0.1, 0.15) is 0 Å². The first kappa shape index (κ1) is 19.7. The van der Waals surface area contributed by atoms with Gasteiger partial charge in [0.25, 0.3) is 11.8 Å². The monoisotopic (exact) mass is 409 g/mol. The predicted molar refractivity (Wildman–Crippen MR) is 126 cm³/mol. The van der Waals surface area contributed by atoms with Crippen molar-refractivity contribution in [1.82, 2.24) is 4.90 Å². The Morgan fingerprint density at radius 2 is 1.48 bits per heavy atom. The lowest BCUT2D eigenvalue weighted by Gasteiger charge is -2.30. The van der Waals surface area contributed by atoms with Crippen LogP contribution in [-0.2, 0) is 0 Å². The SMILES string of the molecule is CCCCC(CC)CN1C(=O)c2ccc3c4c(ccc(c24)C1=O)C(c1ccccc1)=C3. The summed E-state index contributed by atoms with van der Waals surface area (Å²) < 4.78 is 0. The van der Waals surface area contributed by atoms with Crippen molar-refractivity contribution >= 4 is 34.2 Å². The summed E-state index contributed by atoms with van der Waals surface area (Å²) in [7, 11) is 0. The van der Waals surface area contributed by atoms with Crippen molar-refractivity contribution in [2.75, 3.05) is 6.54 Å². The number of amides is 2. The van der Waals surface area contributed by atoms with Crippen molar-refractivity contribution in [2.45, 2.75) is 39.5 Å². The van der Waals surface area contributed by atoms with Crippen LogP contribution in [0.5, 0.6) is 0 Å². The van der Waals surface area contributed by atoms with Crippen LogP contribution in [0.2, 0.25) is 0 Å². The summed E-state index contributed by atoms with van der Waals surface area (Å²) in [5.74, 6) is 0.0547. The average Bonchev–Trinajstić information content (AvgIpc) is 3.19. The zero-order chi connectivity index (χ0) is 21.5. The lowest BCUT2D eigenvalue weighted by molar-refractivity contribution is 0.0580. The third-order valence-electron chi connectivity index (χ3n) is 6.80. The van der Waals surface area contributed by atoms with E-state index in [0.29, 0.717) is 23.6 Å². The fourth-order valence-corrected chi connectivity index (χ4v) is 5.04. The van der Waals surface area contributed by atoms with Gasteiger partial charge < -0.3 is 0 Å². The largest absolute Gasteiger partial charge is 0.274 e. The van der Waals surface area contributed by atoms with Gasteiger partial charge in [0.15, 0.2) is 0 Å². The van der Waals surface area contributed by atoms with Crippen molar-refractivity contribution < 1.29 is 9.59 Å². The van der Waals surface area contributed by atoms with Gasteiger partial charge in [0, 0.05) is 23.1 Å². The molecular formula is C28H27NO2. The van der Waals surface area contributed by atoms with Crippen LogP contribution >= 0.6 is 0 Å². The highest BCUT2D eigenvalue weighted by Gasteiger charge is 2.36. The van der Waals surface area contributed by atoms with Gasteiger partial charge >= 0.3 is 0 Å². The maximum Gasteiger partial charge on any atom is 0.261 e. The molecule has 0 saturated heterocycles. The van der Waals surface area contributed by atoms with Gasteiger partial charge in [-0.25, -0.2) is 0 Å². The van der Waals surface area contributed by atoms with Crippen molar-refractivity contribution in [1.29, 1.82) is 0 Å². The first-order chi connectivity index (χ1) is 15.1. The summed E-state index contributed by atoms with van der Waals surface area (Å²) in [6.45, 7) is 4.83. The first-order valence-electron chi connectivity index (χ1n) is 11.4. The molecule has 5 rings (SSSR count). The normalized spacial score (nSPS) is 15.5. The summed E-state index contributed by atoms with van der Waals surface area (Å²) in [6, 6.07) is 18.2. The molecule has 3 aromatic rings. The Hall–Kier alpha value is -3.20. The Kier molecular flexibility index (Phi) is 4.97. The molecule has 2 aliphatic rings. The van der Waals surface area contributed by atoms with Gasteiger partial charge in [-0.2, -0.15) is 0 Å². The van der Waals surface area contributed by atoms with E-state index in [9.17, 15) is 9.59 Å². The van der Waals surface area contributed by atoms with Crippen LogP contribution in [-0.4, -0.2) is 23.3 Å². The fourth-order valence-electron chi connectivity index (χ4n) is 5.04. The summed E-state index contributed by atoms with van der Waals surface area (Å²) in [4.78, 5) is 28.3. The molecule has 0 saturated carbocycles. The van der Waals surface area contributed by atoms with Gasteiger partial charge in [-0.15, -0.1) is 0 Å². The van der Waals surface area contributed by atoms with Crippen LogP contribution < -0.4 is 0 Å². The lowest BCUT2D eigenvalue weighted by atomic mass is 9.88. The van der Waals surface area contributed by atoms with E-state index in [1.807, 2.05) is 36.4 Å². The molecule has 3 nitrogen and oxygen atoms in total. The van der Waals surface area contributed by atoms with E-state index in [2.05, 4.69) is 38.1 Å². The second-order valence-electron chi connectivity index (χ2n) is 8.67. The maximum absolute atomic E-state index is 13.4. The molecule has 0 fully saturated rings. The molecule has 0 radical (unpaired) electrons. The second-order valence-corrected chi connectivity index (χ2v) is 8.67. The minimum Gasteiger partial charge on any atom is -0.274 e. The molecule has 2 amide bonds. The molecule has 1 unspecified atom stereocenters. The van der Waals surface area contributed by atoms with Crippen LogP contribution in [0.3, 0.4) is 0 Å². The van der Waals surface area contributed by atoms with E-state index in [4.69, 9.17) is 0 Å². The molecule has 1 heterocycles. The second kappa shape index (κ2) is 7.81. The van der Waals surface area contributed by atoms with E-state index in [1.165, 1.54) is 4.90 Å². The number of hydrogen-bond donors (Lipinski definition) is 0. The molecule has 1 aliphatic heterocycles. The van der Waals surface area contributed by atoms with E-state index in [1.54, 1.807) is 0 Å². The third kappa shape index (κ3) is 3.11. The minimum atomic E-state index is -0.149. The topological polar surface area (TPSA) is 37.4 Å².